The summed E-state index contributed by atoms with van der Waals surface area (Å²) in [6.45, 7) is 1.38. The zero-order valence-electron chi connectivity index (χ0n) is 12.0. The molecule has 2 aliphatic rings. The molecule has 2 bridgehead atoms. The first-order valence-corrected chi connectivity index (χ1v) is 7.06. The van der Waals surface area contributed by atoms with Crippen LogP contribution in [0.1, 0.15) is 29.6 Å². The molecule has 1 N–H and O–H groups in total. The number of ether oxygens (including phenoxy) is 1. The summed E-state index contributed by atoms with van der Waals surface area (Å²) in [6, 6.07) is 4.81. The van der Waals surface area contributed by atoms with Crippen molar-refractivity contribution in [2.24, 2.45) is 0 Å². The molecule has 0 spiro atoms. The van der Waals surface area contributed by atoms with Crippen molar-refractivity contribution in [3.05, 3.63) is 29.6 Å². The Hall–Kier alpha value is -1.33. The van der Waals surface area contributed by atoms with Crippen LogP contribution < -0.4 is 10.1 Å². The Balaban J connectivity index is 0.00000161. The summed E-state index contributed by atoms with van der Waals surface area (Å²) in [4.78, 5) is 14.4. The molecule has 116 valence electrons. The van der Waals surface area contributed by atoms with Crippen molar-refractivity contribution in [3.8, 4) is 5.75 Å². The molecule has 2 unspecified atom stereocenters. The predicted octanol–water partition coefficient (Wildman–Crippen LogP) is 2.22. The van der Waals surface area contributed by atoms with E-state index in [1.165, 1.54) is 31.7 Å². The average Bonchev–Trinajstić information content (AvgIpc) is 2.46. The van der Waals surface area contributed by atoms with Gasteiger partial charge >= 0.3 is 0 Å². The van der Waals surface area contributed by atoms with Crippen molar-refractivity contribution >= 4 is 18.3 Å². The maximum atomic E-state index is 13.4. The Kier molecular flexibility index (Phi) is 5.06. The van der Waals surface area contributed by atoms with Crippen molar-refractivity contribution in [1.29, 1.82) is 0 Å². The highest BCUT2D eigenvalue weighted by Crippen LogP contribution is 2.25. The number of methoxy groups -OCH3 is 1. The Morgan fingerprint density at radius 2 is 2.00 bits per heavy atom. The van der Waals surface area contributed by atoms with Gasteiger partial charge in [-0.1, -0.05) is 6.42 Å². The van der Waals surface area contributed by atoms with Crippen molar-refractivity contribution in [2.75, 3.05) is 20.2 Å². The molecule has 2 heterocycles. The second-order valence-electron chi connectivity index (χ2n) is 5.55. The SMILES string of the molecule is COc1ccc(F)cc1C(=O)N1CC2CCCC(C1)N2.Cl. The number of nitrogens with zero attached hydrogens (tertiary/aromatic N) is 1. The minimum Gasteiger partial charge on any atom is -0.496 e. The molecule has 2 atom stereocenters. The summed E-state index contributed by atoms with van der Waals surface area (Å²) < 4.78 is 18.6. The minimum absolute atomic E-state index is 0. The van der Waals surface area contributed by atoms with Gasteiger partial charge in [0, 0.05) is 25.2 Å². The minimum atomic E-state index is -0.413. The van der Waals surface area contributed by atoms with Crippen LogP contribution in [0.15, 0.2) is 18.2 Å². The van der Waals surface area contributed by atoms with E-state index in [1.807, 2.05) is 4.90 Å². The number of carbonyl (C=O) groups excluding carboxylic acids is 1. The topological polar surface area (TPSA) is 41.6 Å². The van der Waals surface area contributed by atoms with Gasteiger partial charge in [0.1, 0.15) is 11.6 Å². The van der Waals surface area contributed by atoms with Gasteiger partial charge < -0.3 is 15.0 Å². The predicted molar refractivity (Wildman–Crippen MR) is 80.7 cm³/mol. The van der Waals surface area contributed by atoms with E-state index in [9.17, 15) is 9.18 Å². The zero-order valence-corrected chi connectivity index (χ0v) is 12.8. The van der Waals surface area contributed by atoms with Crippen LogP contribution >= 0.6 is 12.4 Å². The molecule has 0 saturated carbocycles. The molecular formula is C15H20ClFN2O2. The van der Waals surface area contributed by atoms with Crippen LogP contribution in [0.5, 0.6) is 5.75 Å². The fourth-order valence-electron chi connectivity index (χ4n) is 3.19. The summed E-state index contributed by atoms with van der Waals surface area (Å²) in [5, 5.41) is 3.53. The molecule has 1 amide bonds. The van der Waals surface area contributed by atoms with E-state index in [0.717, 1.165) is 12.8 Å². The fourth-order valence-corrected chi connectivity index (χ4v) is 3.19. The first kappa shape index (κ1) is 16.0. The van der Waals surface area contributed by atoms with E-state index in [0.29, 0.717) is 36.5 Å². The van der Waals surface area contributed by atoms with Crippen LogP contribution in [0.4, 0.5) is 4.39 Å². The van der Waals surface area contributed by atoms with Crippen LogP contribution in [-0.4, -0.2) is 43.1 Å². The highest BCUT2D eigenvalue weighted by Gasteiger charge is 2.33. The number of hydrogen-bond acceptors (Lipinski definition) is 3. The summed E-state index contributed by atoms with van der Waals surface area (Å²) in [5.41, 5.74) is 0.312. The number of amides is 1. The normalized spacial score (nSPS) is 24.2. The molecule has 3 rings (SSSR count). The Bertz CT molecular complexity index is 514. The summed E-state index contributed by atoms with van der Waals surface area (Å²) in [5.74, 6) is -0.121. The van der Waals surface area contributed by atoms with Gasteiger partial charge in [-0.25, -0.2) is 4.39 Å². The lowest BCUT2D eigenvalue weighted by molar-refractivity contribution is 0.0604. The van der Waals surface area contributed by atoms with Gasteiger partial charge in [0.2, 0.25) is 0 Å². The highest BCUT2D eigenvalue weighted by molar-refractivity contribution is 5.97. The third kappa shape index (κ3) is 3.30. The number of fused-ring (bicyclic) bond motifs is 2. The molecule has 21 heavy (non-hydrogen) atoms. The molecule has 1 aromatic carbocycles. The van der Waals surface area contributed by atoms with Gasteiger partial charge in [-0.15, -0.1) is 12.4 Å². The highest BCUT2D eigenvalue weighted by atomic mass is 35.5. The number of likely N-dealkylation sites (tertiary alicyclic amines) is 1. The summed E-state index contributed by atoms with van der Waals surface area (Å²) in [6.07, 6.45) is 3.41. The van der Waals surface area contributed by atoms with Crippen molar-refractivity contribution in [2.45, 2.75) is 31.3 Å². The molecule has 6 heteroatoms. The molecule has 4 nitrogen and oxygen atoms in total. The van der Waals surface area contributed by atoms with Crippen LogP contribution in [0, 0.1) is 5.82 Å². The van der Waals surface area contributed by atoms with Crippen LogP contribution in [0.2, 0.25) is 0 Å². The van der Waals surface area contributed by atoms with Crippen molar-refractivity contribution in [3.63, 3.8) is 0 Å². The second kappa shape index (κ2) is 6.62. The van der Waals surface area contributed by atoms with E-state index in [1.54, 1.807) is 0 Å². The van der Waals surface area contributed by atoms with Gasteiger partial charge in [0.25, 0.3) is 5.91 Å². The number of hydrogen-bond donors (Lipinski definition) is 1. The number of piperidine rings is 1. The average molecular weight is 315 g/mol. The number of halogens is 2. The number of carbonyl (C=O) groups is 1. The molecule has 0 aliphatic carbocycles. The molecule has 0 radical (unpaired) electrons. The van der Waals surface area contributed by atoms with Crippen LogP contribution in [0.25, 0.3) is 0 Å². The van der Waals surface area contributed by atoms with Gasteiger partial charge in [0.15, 0.2) is 0 Å². The fraction of sp³-hybridized carbons (Fsp3) is 0.533. The summed E-state index contributed by atoms with van der Waals surface area (Å²) >= 11 is 0. The number of rotatable bonds is 2. The largest absolute Gasteiger partial charge is 0.496 e. The number of nitrogens with one attached hydrogen (secondary N) is 1. The zero-order chi connectivity index (χ0) is 14.1. The second-order valence-corrected chi connectivity index (χ2v) is 5.55. The first-order valence-electron chi connectivity index (χ1n) is 7.06. The van der Waals surface area contributed by atoms with Gasteiger partial charge in [-0.05, 0) is 31.0 Å². The molecule has 0 aromatic heterocycles. The van der Waals surface area contributed by atoms with E-state index in [4.69, 9.17) is 4.74 Å². The van der Waals surface area contributed by atoms with E-state index >= 15 is 0 Å². The Morgan fingerprint density at radius 3 is 2.62 bits per heavy atom. The lowest BCUT2D eigenvalue weighted by atomic mass is 9.94. The lowest BCUT2D eigenvalue weighted by Gasteiger charge is -2.42. The lowest BCUT2D eigenvalue weighted by Crippen LogP contribution is -2.59. The van der Waals surface area contributed by atoms with Gasteiger partial charge in [-0.2, -0.15) is 0 Å². The Morgan fingerprint density at radius 1 is 1.33 bits per heavy atom. The van der Waals surface area contributed by atoms with Crippen molar-refractivity contribution in [1.82, 2.24) is 10.2 Å². The van der Waals surface area contributed by atoms with E-state index in [-0.39, 0.29) is 18.3 Å². The van der Waals surface area contributed by atoms with Gasteiger partial charge in [-0.3, -0.25) is 4.79 Å². The van der Waals surface area contributed by atoms with Gasteiger partial charge in [0.05, 0.1) is 12.7 Å². The number of benzene rings is 1. The first-order chi connectivity index (χ1) is 9.67. The van der Waals surface area contributed by atoms with E-state index < -0.39 is 5.82 Å². The summed E-state index contributed by atoms with van der Waals surface area (Å²) in [7, 11) is 1.50. The van der Waals surface area contributed by atoms with Crippen LogP contribution in [-0.2, 0) is 0 Å². The standard InChI is InChI=1S/C15H19FN2O2.ClH/c1-20-14-6-5-10(16)7-13(14)15(19)18-8-11-3-2-4-12(9-18)17-11;/h5-7,11-12,17H,2-4,8-9H2,1H3;1H. The smallest absolute Gasteiger partial charge is 0.257 e. The third-order valence-electron chi connectivity index (χ3n) is 4.14. The third-order valence-corrected chi connectivity index (χ3v) is 4.14. The molecular weight excluding hydrogens is 295 g/mol. The van der Waals surface area contributed by atoms with E-state index in [2.05, 4.69) is 5.32 Å². The monoisotopic (exact) mass is 314 g/mol. The molecule has 2 aliphatic heterocycles. The molecule has 2 saturated heterocycles. The maximum absolute atomic E-state index is 13.4. The molecule has 2 fully saturated rings. The molecule has 1 aromatic rings. The quantitative estimate of drug-likeness (QED) is 0.910. The Labute approximate surface area is 130 Å². The van der Waals surface area contributed by atoms with Crippen LogP contribution in [0.3, 0.4) is 0 Å². The van der Waals surface area contributed by atoms with Crippen molar-refractivity contribution < 1.29 is 13.9 Å². The number of piperazine rings is 1. The maximum Gasteiger partial charge on any atom is 0.257 e.